The Morgan fingerprint density at radius 2 is 1.76 bits per heavy atom. The molecule has 0 aliphatic heterocycles. The maximum atomic E-state index is 11.2. The number of nitrogens with two attached hydrogens (primary N) is 1. The van der Waals surface area contributed by atoms with Crippen molar-refractivity contribution in [2.75, 3.05) is 12.0 Å². The van der Waals surface area contributed by atoms with Crippen molar-refractivity contribution in [3.05, 3.63) is 36.4 Å². The number of benzene rings is 2. The minimum Gasteiger partial charge on any atom is -0.372 e. The van der Waals surface area contributed by atoms with Crippen LogP contribution in [0.25, 0.3) is 10.8 Å². The summed E-state index contributed by atoms with van der Waals surface area (Å²) in [7, 11) is -4.22. The zero-order valence-electron chi connectivity index (χ0n) is 8.92. The quantitative estimate of drug-likeness (QED) is 0.567. The van der Waals surface area contributed by atoms with Crippen molar-refractivity contribution in [2.24, 2.45) is 5.73 Å². The van der Waals surface area contributed by atoms with Crippen molar-refractivity contribution < 1.29 is 13.0 Å². The van der Waals surface area contributed by atoms with Crippen molar-refractivity contribution in [2.45, 2.75) is 4.90 Å². The van der Waals surface area contributed by atoms with E-state index in [0.717, 1.165) is 5.69 Å². The molecule has 0 unspecified atom stereocenters. The third-order valence-corrected chi connectivity index (χ3v) is 3.36. The van der Waals surface area contributed by atoms with Crippen LogP contribution in [0.2, 0.25) is 0 Å². The summed E-state index contributed by atoms with van der Waals surface area (Å²) < 4.78 is 31.6. The fraction of sp³-hybridized carbons (Fsp3) is 0.0909. The lowest BCUT2D eigenvalue weighted by atomic mass is 10.1. The molecule has 0 saturated carbocycles. The number of anilines is 1. The van der Waals surface area contributed by atoms with E-state index < -0.39 is 10.1 Å². The fourth-order valence-corrected chi connectivity index (χ4v) is 2.48. The standard InChI is InChI=1S/C11H12N2O3S/c12-7-13-10-5-1-4-9-8(10)3-2-6-11(9)17(14,15)16/h1-6,13H,7,12H2,(H,14,15,16). The van der Waals surface area contributed by atoms with Gasteiger partial charge in [-0.1, -0.05) is 24.3 Å². The van der Waals surface area contributed by atoms with Gasteiger partial charge in [0.25, 0.3) is 10.1 Å². The van der Waals surface area contributed by atoms with E-state index in [4.69, 9.17) is 10.3 Å². The lowest BCUT2D eigenvalue weighted by molar-refractivity contribution is 0.484. The molecule has 4 N–H and O–H groups in total. The SMILES string of the molecule is NCNc1cccc2c(S(=O)(=O)O)cccc12. The largest absolute Gasteiger partial charge is 0.372 e. The molecule has 0 radical (unpaired) electrons. The van der Waals surface area contributed by atoms with Crippen molar-refractivity contribution in [1.29, 1.82) is 0 Å². The van der Waals surface area contributed by atoms with Gasteiger partial charge in [0.1, 0.15) is 4.90 Å². The average molecular weight is 252 g/mol. The normalized spacial score (nSPS) is 11.6. The first-order valence-electron chi connectivity index (χ1n) is 4.97. The van der Waals surface area contributed by atoms with E-state index in [2.05, 4.69) is 5.32 Å². The van der Waals surface area contributed by atoms with Gasteiger partial charge in [-0.3, -0.25) is 4.55 Å². The molecule has 0 spiro atoms. The van der Waals surface area contributed by atoms with E-state index in [0.29, 0.717) is 10.8 Å². The zero-order chi connectivity index (χ0) is 12.5. The highest BCUT2D eigenvalue weighted by Crippen LogP contribution is 2.28. The molecule has 0 aliphatic carbocycles. The second-order valence-electron chi connectivity index (χ2n) is 3.51. The van der Waals surface area contributed by atoms with Gasteiger partial charge < -0.3 is 11.1 Å². The Kier molecular flexibility index (Phi) is 3.01. The molecule has 2 aromatic rings. The Morgan fingerprint density at radius 3 is 2.41 bits per heavy atom. The van der Waals surface area contributed by atoms with E-state index >= 15 is 0 Å². The number of hydrogen-bond acceptors (Lipinski definition) is 4. The van der Waals surface area contributed by atoms with Gasteiger partial charge in [0, 0.05) is 16.5 Å². The molecule has 0 saturated heterocycles. The van der Waals surface area contributed by atoms with Crippen LogP contribution in [-0.2, 0) is 10.1 Å². The molecule has 0 aliphatic rings. The van der Waals surface area contributed by atoms with Crippen LogP contribution < -0.4 is 11.1 Å². The predicted octanol–water partition coefficient (Wildman–Crippen LogP) is 1.41. The maximum Gasteiger partial charge on any atom is 0.295 e. The molecule has 2 rings (SSSR count). The van der Waals surface area contributed by atoms with Crippen molar-refractivity contribution in [3.8, 4) is 0 Å². The molecule has 2 aromatic carbocycles. The fourth-order valence-electron chi connectivity index (χ4n) is 1.77. The predicted molar refractivity (Wildman–Crippen MR) is 66.4 cm³/mol. The molecule has 0 heterocycles. The van der Waals surface area contributed by atoms with Gasteiger partial charge in [0.2, 0.25) is 0 Å². The van der Waals surface area contributed by atoms with Crippen LogP contribution in [0, 0.1) is 0 Å². The molecule has 0 atom stereocenters. The first kappa shape index (κ1) is 11.8. The Morgan fingerprint density at radius 1 is 1.12 bits per heavy atom. The molecular formula is C11H12N2O3S. The van der Waals surface area contributed by atoms with E-state index in [1.54, 1.807) is 30.3 Å². The van der Waals surface area contributed by atoms with Crippen LogP contribution in [0.15, 0.2) is 41.3 Å². The molecule has 0 amide bonds. The van der Waals surface area contributed by atoms with Crippen LogP contribution >= 0.6 is 0 Å². The second-order valence-corrected chi connectivity index (χ2v) is 4.90. The highest BCUT2D eigenvalue weighted by Gasteiger charge is 2.14. The molecule has 0 fully saturated rings. The van der Waals surface area contributed by atoms with Crippen LogP contribution in [0.3, 0.4) is 0 Å². The summed E-state index contributed by atoms with van der Waals surface area (Å²) in [5.74, 6) is 0. The van der Waals surface area contributed by atoms with Gasteiger partial charge in [-0.25, -0.2) is 0 Å². The molecular weight excluding hydrogens is 240 g/mol. The Bertz CT molecular complexity index is 653. The highest BCUT2D eigenvalue weighted by molar-refractivity contribution is 7.86. The van der Waals surface area contributed by atoms with Crippen LogP contribution in [0.5, 0.6) is 0 Å². The van der Waals surface area contributed by atoms with E-state index in [-0.39, 0.29) is 11.6 Å². The van der Waals surface area contributed by atoms with E-state index in [9.17, 15) is 8.42 Å². The van der Waals surface area contributed by atoms with Gasteiger partial charge in [0.05, 0.1) is 6.67 Å². The van der Waals surface area contributed by atoms with Crippen molar-refractivity contribution in [3.63, 3.8) is 0 Å². The third-order valence-electron chi connectivity index (χ3n) is 2.45. The summed E-state index contributed by atoms with van der Waals surface area (Å²) in [6.45, 7) is 0.245. The lowest BCUT2D eigenvalue weighted by Gasteiger charge is -2.09. The number of fused-ring (bicyclic) bond motifs is 1. The average Bonchev–Trinajstić information content (AvgIpc) is 2.28. The molecule has 6 heteroatoms. The minimum absolute atomic E-state index is 0.101. The first-order valence-corrected chi connectivity index (χ1v) is 6.41. The summed E-state index contributed by atoms with van der Waals surface area (Å²) in [6.07, 6.45) is 0. The molecule has 0 bridgehead atoms. The van der Waals surface area contributed by atoms with Gasteiger partial charge in [-0.2, -0.15) is 8.42 Å². The Hall–Kier alpha value is -1.63. The van der Waals surface area contributed by atoms with Crippen LogP contribution in [0.4, 0.5) is 5.69 Å². The smallest absolute Gasteiger partial charge is 0.295 e. The second kappa shape index (κ2) is 4.33. The lowest BCUT2D eigenvalue weighted by Crippen LogP contribution is -2.11. The third kappa shape index (κ3) is 2.23. The maximum absolute atomic E-state index is 11.2. The van der Waals surface area contributed by atoms with Crippen molar-refractivity contribution >= 4 is 26.6 Å². The number of nitrogens with one attached hydrogen (secondary N) is 1. The minimum atomic E-state index is -4.22. The van der Waals surface area contributed by atoms with Gasteiger partial charge in [-0.15, -0.1) is 0 Å². The van der Waals surface area contributed by atoms with Gasteiger partial charge in [-0.05, 0) is 12.1 Å². The summed E-state index contributed by atoms with van der Waals surface area (Å²) >= 11 is 0. The summed E-state index contributed by atoms with van der Waals surface area (Å²) in [5.41, 5.74) is 6.13. The number of rotatable bonds is 3. The Balaban J connectivity index is 2.79. The first-order chi connectivity index (χ1) is 8.04. The molecule has 90 valence electrons. The summed E-state index contributed by atoms with van der Waals surface area (Å²) in [6, 6.07) is 9.84. The zero-order valence-corrected chi connectivity index (χ0v) is 9.74. The summed E-state index contributed by atoms with van der Waals surface area (Å²) in [4.78, 5) is -0.101. The van der Waals surface area contributed by atoms with Crippen molar-refractivity contribution in [1.82, 2.24) is 0 Å². The number of hydrogen-bond donors (Lipinski definition) is 3. The molecule has 5 nitrogen and oxygen atoms in total. The van der Waals surface area contributed by atoms with Gasteiger partial charge >= 0.3 is 0 Å². The molecule has 0 aromatic heterocycles. The Labute approximate surface area is 99.0 Å². The van der Waals surface area contributed by atoms with E-state index in [1.807, 2.05) is 0 Å². The monoisotopic (exact) mass is 252 g/mol. The summed E-state index contributed by atoms with van der Waals surface area (Å²) in [5, 5.41) is 4.10. The topological polar surface area (TPSA) is 92.4 Å². The van der Waals surface area contributed by atoms with Crippen LogP contribution in [-0.4, -0.2) is 19.6 Å². The van der Waals surface area contributed by atoms with E-state index in [1.165, 1.54) is 6.07 Å². The van der Waals surface area contributed by atoms with Gasteiger partial charge in [0.15, 0.2) is 0 Å². The molecule has 17 heavy (non-hydrogen) atoms. The van der Waals surface area contributed by atoms with Crippen LogP contribution in [0.1, 0.15) is 0 Å². The highest BCUT2D eigenvalue weighted by atomic mass is 32.2.